The molecule has 4 nitrogen and oxygen atoms in total. The molecule has 64 heavy (non-hydrogen) atoms. The van der Waals surface area contributed by atoms with E-state index in [1.807, 2.05) is 0 Å². The van der Waals surface area contributed by atoms with Crippen molar-refractivity contribution in [2.45, 2.75) is 82.3 Å². The predicted octanol–water partition coefficient (Wildman–Crippen LogP) is 14.0. The van der Waals surface area contributed by atoms with Crippen LogP contribution in [0, 0.1) is 69.2 Å². The molecule has 0 bridgehead atoms. The molecule has 1 aliphatic heterocycles. The monoisotopic (exact) mass is 847 g/mol. The Balaban J connectivity index is 0.000000133. The molecule has 1 aliphatic rings. The lowest BCUT2D eigenvalue weighted by Gasteiger charge is -2.23. The Kier molecular flexibility index (Phi) is 14.9. The van der Waals surface area contributed by atoms with Gasteiger partial charge < -0.3 is 9.80 Å². The molecule has 0 saturated heterocycles. The molecular formula is C60H70N4+2. The molecule has 2 aromatic heterocycles. The minimum Gasteiger partial charge on any atom is -0.353 e. The van der Waals surface area contributed by atoms with Crippen molar-refractivity contribution in [3.63, 3.8) is 0 Å². The van der Waals surface area contributed by atoms with Gasteiger partial charge in [-0.05, 0) is 138 Å². The molecule has 0 radical (unpaired) electrons. The largest absolute Gasteiger partial charge is 0.353 e. The van der Waals surface area contributed by atoms with Crippen molar-refractivity contribution in [3.05, 3.63) is 202 Å². The van der Waals surface area contributed by atoms with Crippen molar-refractivity contribution >= 4 is 54.5 Å². The first-order valence-corrected chi connectivity index (χ1v) is 22.7. The van der Waals surface area contributed by atoms with Crippen LogP contribution >= 0.6 is 0 Å². The van der Waals surface area contributed by atoms with E-state index in [4.69, 9.17) is 0 Å². The molecule has 328 valence electrons. The summed E-state index contributed by atoms with van der Waals surface area (Å²) in [5.74, 6) is 0. The van der Waals surface area contributed by atoms with E-state index in [0.717, 1.165) is 0 Å². The number of pyridine rings is 2. The van der Waals surface area contributed by atoms with Gasteiger partial charge in [0.05, 0.1) is 17.5 Å². The normalized spacial score (nSPS) is 11.9. The molecule has 0 saturated carbocycles. The number of para-hydroxylation sites is 2. The number of hydrogen-bond acceptors (Lipinski definition) is 2. The van der Waals surface area contributed by atoms with Crippen LogP contribution in [-0.2, 0) is 14.1 Å². The van der Waals surface area contributed by atoms with Gasteiger partial charge in [0.25, 0.3) is 0 Å². The van der Waals surface area contributed by atoms with E-state index in [1.54, 1.807) is 0 Å². The smallest absolute Gasteiger partial charge is 0.186 e. The van der Waals surface area contributed by atoms with Gasteiger partial charge in [0, 0.05) is 64.7 Å². The fourth-order valence-electron chi connectivity index (χ4n) is 8.77. The summed E-state index contributed by atoms with van der Waals surface area (Å²) in [5.41, 5.74) is 16.3. The minimum atomic E-state index is 0.474. The van der Waals surface area contributed by atoms with Gasteiger partial charge in [-0.3, -0.25) is 0 Å². The van der Waals surface area contributed by atoms with E-state index >= 15 is 0 Å². The summed E-state index contributed by atoms with van der Waals surface area (Å²) in [6, 6.07) is 51.6. The Morgan fingerprint density at radius 3 is 0.984 bits per heavy atom. The molecule has 0 amide bonds. The third kappa shape index (κ3) is 9.98. The lowest BCUT2D eigenvalue weighted by molar-refractivity contribution is -0.682. The second-order valence-electron chi connectivity index (χ2n) is 17.7. The highest BCUT2D eigenvalue weighted by Crippen LogP contribution is 2.36. The highest BCUT2D eigenvalue weighted by Gasteiger charge is 2.26. The lowest BCUT2D eigenvalue weighted by atomic mass is 9.97. The number of nitrogens with zero attached hydrogens (tertiary/aromatic N) is 4. The quantitative estimate of drug-likeness (QED) is 0.141. The van der Waals surface area contributed by atoms with Crippen molar-refractivity contribution in [2.24, 2.45) is 14.1 Å². The Morgan fingerprint density at radius 2 is 0.641 bits per heavy atom. The molecular weight excluding hydrogens is 777 g/mol. The molecule has 3 heterocycles. The molecule has 9 aromatic rings. The van der Waals surface area contributed by atoms with Crippen LogP contribution in [0.25, 0.3) is 43.1 Å². The molecule has 0 spiro atoms. The van der Waals surface area contributed by atoms with Gasteiger partial charge in [-0.15, -0.1) is 0 Å². The van der Waals surface area contributed by atoms with Crippen LogP contribution in [0.1, 0.15) is 63.1 Å². The van der Waals surface area contributed by atoms with Crippen LogP contribution in [0.15, 0.2) is 146 Å². The average Bonchev–Trinajstić information content (AvgIpc) is 3.52. The molecule has 0 fully saturated rings. The zero-order valence-electron chi connectivity index (χ0n) is 41.2. The Bertz CT molecular complexity index is 2700. The molecule has 7 aromatic carbocycles. The van der Waals surface area contributed by atoms with Crippen LogP contribution in [-0.4, -0.2) is 20.3 Å². The van der Waals surface area contributed by atoms with Crippen LogP contribution in [0.4, 0.5) is 11.4 Å². The maximum atomic E-state index is 2.29. The zero-order chi connectivity index (χ0) is 46.4. The minimum absolute atomic E-state index is 0.474. The fourth-order valence-corrected chi connectivity index (χ4v) is 8.77. The van der Waals surface area contributed by atoms with E-state index in [0.29, 0.717) is 6.17 Å². The summed E-state index contributed by atoms with van der Waals surface area (Å²) in [4.78, 5) is 4.57. The number of hydrogen-bond donors (Lipinski definition) is 0. The average molecular weight is 847 g/mol. The fraction of sp³-hybridized carbons (Fsp3) is 0.267. The maximum Gasteiger partial charge on any atom is 0.186 e. The first-order chi connectivity index (χ1) is 30.5. The van der Waals surface area contributed by atoms with Crippen molar-refractivity contribution in [1.29, 1.82) is 0 Å². The highest BCUT2D eigenvalue weighted by atomic mass is 15.4. The standard InChI is InChI=1S/2C13H14.2C12H14N.C10H14N2/c2*1-9-8-12-6-4-5-7-13(12)11(3)10(9)2;2*1-9-8-11-6-4-5-7-12(11)10(2)13(9)3;1-8-11(2)9-6-4-5-7-10(9)12(8)3/h4*4-8H,1-3H3;4-8H,1-3H3/q;;2*+1;. The summed E-state index contributed by atoms with van der Waals surface area (Å²) >= 11 is 0. The van der Waals surface area contributed by atoms with Gasteiger partial charge in [0.2, 0.25) is 0 Å². The number of aryl methyl sites for hydroxylation is 8. The maximum absolute atomic E-state index is 2.29. The van der Waals surface area contributed by atoms with Crippen LogP contribution in [0.5, 0.6) is 0 Å². The predicted molar refractivity (Wildman–Crippen MR) is 278 cm³/mol. The number of fused-ring (bicyclic) bond motifs is 5. The summed E-state index contributed by atoms with van der Waals surface area (Å²) in [6.45, 7) is 23.9. The van der Waals surface area contributed by atoms with Gasteiger partial charge in [-0.25, -0.2) is 9.13 Å². The summed E-state index contributed by atoms with van der Waals surface area (Å²) in [7, 11) is 8.48. The second kappa shape index (κ2) is 20.3. The van der Waals surface area contributed by atoms with E-state index in [9.17, 15) is 0 Å². The Hall–Kier alpha value is -6.52. The summed E-state index contributed by atoms with van der Waals surface area (Å²) in [5, 5.41) is 10.8. The van der Waals surface area contributed by atoms with Gasteiger partial charge in [-0.2, -0.15) is 0 Å². The Labute approximate surface area is 384 Å². The first-order valence-electron chi connectivity index (χ1n) is 22.7. The SMILES string of the molecule is CC1N(C)c2ccccc2N1C.Cc1cc2ccccc2c(C)[n+]1C.Cc1cc2ccccc2c(C)[n+]1C.Cc1cc2ccccc2c(C)c1C.Cc1cc2ccccc2c(C)c1C. The van der Waals surface area contributed by atoms with Crippen molar-refractivity contribution in [1.82, 2.24) is 0 Å². The van der Waals surface area contributed by atoms with Gasteiger partial charge in [0.1, 0.15) is 14.1 Å². The van der Waals surface area contributed by atoms with Crippen molar-refractivity contribution in [2.75, 3.05) is 23.9 Å². The number of rotatable bonds is 0. The number of benzene rings is 7. The van der Waals surface area contributed by atoms with Crippen molar-refractivity contribution < 1.29 is 9.13 Å². The number of aromatic nitrogens is 2. The molecule has 4 heteroatoms. The van der Waals surface area contributed by atoms with E-state index in [-0.39, 0.29) is 0 Å². The summed E-state index contributed by atoms with van der Waals surface area (Å²) in [6.07, 6.45) is 0.474. The highest BCUT2D eigenvalue weighted by molar-refractivity contribution is 5.88. The summed E-state index contributed by atoms with van der Waals surface area (Å²) < 4.78 is 4.45. The first kappa shape index (κ1) is 47.0. The molecule has 10 rings (SSSR count). The van der Waals surface area contributed by atoms with Crippen LogP contribution in [0.2, 0.25) is 0 Å². The van der Waals surface area contributed by atoms with Gasteiger partial charge in [-0.1, -0.05) is 109 Å². The topological polar surface area (TPSA) is 14.2 Å². The lowest BCUT2D eigenvalue weighted by Crippen LogP contribution is -2.35. The van der Waals surface area contributed by atoms with Crippen LogP contribution in [0.3, 0.4) is 0 Å². The number of anilines is 2. The Morgan fingerprint density at radius 1 is 0.359 bits per heavy atom. The van der Waals surface area contributed by atoms with E-state index < -0.39 is 0 Å². The molecule has 0 unspecified atom stereocenters. The molecule has 0 atom stereocenters. The van der Waals surface area contributed by atoms with Gasteiger partial charge in [0.15, 0.2) is 22.8 Å². The zero-order valence-corrected chi connectivity index (χ0v) is 41.2. The molecule has 0 aliphatic carbocycles. The van der Waals surface area contributed by atoms with E-state index in [1.165, 1.54) is 111 Å². The second-order valence-corrected chi connectivity index (χ2v) is 17.7. The third-order valence-corrected chi connectivity index (χ3v) is 14.0. The van der Waals surface area contributed by atoms with Crippen LogP contribution < -0.4 is 18.9 Å². The van der Waals surface area contributed by atoms with Gasteiger partial charge >= 0.3 is 0 Å². The van der Waals surface area contributed by atoms with Crippen molar-refractivity contribution in [3.8, 4) is 0 Å². The van der Waals surface area contributed by atoms with E-state index in [2.05, 4.69) is 269 Å². The molecule has 0 N–H and O–H groups in total. The third-order valence-electron chi connectivity index (χ3n) is 14.0.